The summed E-state index contributed by atoms with van der Waals surface area (Å²) in [4.78, 5) is 16.0. The standard InChI is InChI=1S/C58H36N6/c59-37-38-16-13-22-42(34-38)45-33-32-44(36-54(45)63-51-29-10-7-24-47(51)48-25-8-11-30-52(48)63)57-60-56(40-19-5-2-6-20-40)61-58(62-57)64-53-31-12-9-26-49(53)50-28-15-27-46(55(50)64)43-23-14-21-41(35-43)39-17-3-1-4-18-39/h1-36H. The third kappa shape index (κ3) is 6.14. The molecule has 12 aromatic rings. The van der Waals surface area contributed by atoms with Gasteiger partial charge in [0.2, 0.25) is 5.95 Å². The van der Waals surface area contributed by atoms with E-state index in [4.69, 9.17) is 15.0 Å². The summed E-state index contributed by atoms with van der Waals surface area (Å²) < 4.78 is 4.54. The van der Waals surface area contributed by atoms with Gasteiger partial charge in [-0.3, -0.25) is 4.57 Å². The Morgan fingerprint density at radius 1 is 0.344 bits per heavy atom. The van der Waals surface area contributed by atoms with Gasteiger partial charge in [-0.1, -0.05) is 176 Å². The number of aromatic nitrogens is 5. The summed E-state index contributed by atoms with van der Waals surface area (Å²) in [6.07, 6.45) is 0. The second kappa shape index (κ2) is 15.2. The molecule has 0 saturated heterocycles. The zero-order chi connectivity index (χ0) is 42.6. The molecule has 3 heterocycles. The van der Waals surface area contributed by atoms with Crippen LogP contribution in [-0.2, 0) is 0 Å². The van der Waals surface area contributed by atoms with E-state index in [-0.39, 0.29) is 0 Å². The molecule has 0 bridgehead atoms. The van der Waals surface area contributed by atoms with Gasteiger partial charge in [-0.2, -0.15) is 15.2 Å². The minimum absolute atomic E-state index is 0.519. The highest BCUT2D eigenvalue weighted by atomic mass is 15.2. The van der Waals surface area contributed by atoms with Crippen LogP contribution in [0.4, 0.5) is 0 Å². The van der Waals surface area contributed by atoms with E-state index in [9.17, 15) is 5.26 Å². The molecule has 0 amide bonds. The zero-order valence-electron chi connectivity index (χ0n) is 34.5. The van der Waals surface area contributed by atoms with Crippen molar-refractivity contribution >= 4 is 43.6 Å². The molecule has 12 rings (SSSR count). The maximum atomic E-state index is 9.96. The quantitative estimate of drug-likeness (QED) is 0.161. The van der Waals surface area contributed by atoms with Gasteiger partial charge in [0.15, 0.2) is 11.6 Å². The normalized spacial score (nSPS) is 11.4. The molecule has 0 spiro atoms. The minimum Gasteiger partial charge on any atom is -0.309 e. The second-order valence-electron chi connectivity index (χ2n) is 15.9. The number of nitrogens with zero attached hydrogens (tertiary/aromatic N) is 6. The molecule has 0 aliphatic carbocycles. The largest absolute Gasteiger partial charge is 0.309 e. The monoisotopic (exact) mass is 816 g/mol. The first-order chi connectivity index (χ1) is 31.7. The maximum absolute atomic E-state index is 9.96. The third-order valence-electron chi connectivity index (χ3n) is 12.2. The molecule has 0 unspecified atom stereocenters. The summed E-state index contributed by atoms with van der Waals surface area (Å²) in [5.41, 5.74) is 13.8. The number of hydrogen-bond donors (Lipinski definition) is 0. The van der Waals surface area contributed by atoms with Crippen LogP contribution in [0.15, 0.2) is 218 Å². The van der Waals surface area contributed by atoms with Gasteiger partial charge < -0.3 is 4.57 Å². The first kappa shape index (κ1) is 36.9. The molecule has 64 heavy (non-hydrogen) atoms. The van der Waals surface area contributed by atoms with Crippen LogP contribution in [0.3, 0.4) is 0 Å². The Hall–Kier alpha value is -8.92. The van der Waals surface area contributed by atoms with Gasteiger partial charge in [0.1, 0.15) is 0 Å². The number of rotatable bonds is 7. The second-order valence-corrected chi connectivity index (χ2v) is 15.9. The number of hydrogen-bond acceptors (Lipinski definition) is 4. The fourth-order valence-electron chi connectivity index (χ4n) is 9.30. The van der Waals surface area contributed by atoms with Crippen molar-refractivity contribution in [1.82, 2.24) is 24.1 Å². The van der Waals surface area contributed by atoms with Gasteiger partial charge in [0, 0.05) is 43.8 Å². The van der Waals surface area contributed by atoms with Crippen LogP contribution in [0.5, 0.6) is 0 Å². The van der Waals surface area contributed by atoms with Crippen molar-refractivity contribution in [2.45, 2.75) is 0 Å². The van der Waals surface area contributed by atoms with E-state index in [0.717, 1.165) is 93.8 Å². The summed E-state index contributed by atoms with van der Waals surface area (Å²) in [5.74, 6) is 1.63. The van der Waals surface area contributed by atoms with Gasteiger partial charge in [0.25, 0.3) is 0 Å². The lowest BCUT2D eigenvalue weighted by atomic mass is 9.97. The Morgan fingerprint density at radius 2 is 0.859 bits per heavy atom. The fourth-order valence-corrected chi connectivity index (χ4v) is 9.30. The number of para-hydroxylation sites is 4. The van der Waals surface area contributed by atoms with Gasteiger partial charge in [-0.25, -0.2) is 4.98 Å². The van der Waals surface area contributed by atoms with Crippen LogP contribution in [0.1, 0.15) is 5.56 Å². The number of nitriles is 1. The van der Waals surface area contributed by atoms with E-state index >= 15 is 0 Å². The summed E-state index contributed by atoms with van der Waals surface area (Å²) in [6, 6.07) is 78.0. The van der Waals surface area contributed by atoms with Crippen molar-refractivity contribution in [1.29, 1.82) is 5.26 Å². The lowest BCUT2D eigenvalue weighted by Crippen LogP contribution is -2.07. The average molecular weight is 817 g/mol. The van der Waals surface area contributed by atoms with Crippen molar-refractivity contribution in [3.63, 3.8) is 0 Å². The predicted molar refractivity (Wildman–Crippen MR) is 260 cm³/mol. The SMILES string of the molecule is N#Cc1cccc(-c2ccc(-c3nc(-c4ccccc4)nc(-n4c5ccccc5c5cccc(-c6cccc(-c7ccccc7)c6)c54)n3)cc2-n2c3ccccc3c3ccccc32)c1. The molecule has 6 nitrogen and oxygen atoms in total. The van der Waals surface area contributed by atoms with Crippen LogP contribution in [-0.4, -0.2) is 24.1 Å². The summed E-state index contributed by atoms with van der Waals surface area (Å²) in [5, 5.41) is 14.5. The maximum Gasteiger partial charge on any atom is 0.238 e. The first-order valence-corrected chi connectivity index (χ1v) is 21.3. The molecule has 0 atom stereocenters. The van der Waals surface area contributed by atoms with E-state index in [1.165, 1.54) is 0 Å². The Bertz CT molecular complexity index is 3750. The van der Waals surface area contributed by atoms with Gasteiger partial charge in [-0.05, 0) is 64.7 Å². The molecule has 0 radical (unpaired) electrons. The lowest BCUT2D eigenvalue weighted by molar-refractivity contribution is 0.953. The summed E-state index contributed by atoms with van der Waals surface area (Å²) in [6.45, 7) is 0. The summed E-state index contributed by atoms with van der Waals surface area (Å²) in [7, 11) is 0. The topological polar surface area (TPSA) is 72.3 Å². The molecule has 0 N–H and O–H groups in total. The van der Waals surface area contributed by atoms with E-state index in [2.05, 4.69) is 179 Å². The van der Waals surface area contributed by atoms with E-state index in [1.807, 2.05) is 54.6 Å². The van der Waals surface area contributed by atoms with Crippen molar-refractivity contribution in [2.24, 2.45) is 0 Å². The molecule has 9 aromatic carbocycles. The van der Waals surface area contributed by atoms with E-state index in [1.54, 1.807) is 0 Å². The summed E-state index contributed by atoms with van der Waals surface area (Å²) >= 11 is 0. The zero-order valence-corrected chi connectivity index (χ0v) is 34.5. The first-order valence-electron chi connectivity index (χ1n) is 21.3. The highest BCUT2D eigenvalue weighted by Gasteiger charge is 2.22. The minimum atomic E-state index is 0.519. The van der Waals surface area contributed by atoms with Crippen molar-refractivity contribution < 1.29 is 0 Å². The van der Waals surface area contributed by atoms with Crippen molar-refractivity contribution in [3.05, 3.63) is 224 Å². The fraction of sp³-hybridized carbons (Fsp3) is 0. The molecule has 298 valence electrons. The van der Waals surface area contributed by atoms with Crippen LogP contribution in [0.2, 0.25) is 0 Å². The number of fused-ring (bicyclic) bond motifs is 6. The molecule has 0 fully saturated rings. The van der Waals surface area contributed by atoms with Crippen molar-refractivity contribution in [3.8, 4) is 73.9 Å². The highest BCUT2D eigenvalue weighted by Crippen LogP contribution is 2.41. The van der Waals surface area contributed by atoms with Gasteiger partial charge in [-0.15, -0.1) is 0 Å². The third-order valence-corrected chi connectivity index (χ3v) is 12.2. The Morgan fingerprint density at radius 3 is 1.55 bits per heavy atom. The van der Waals surface area contributed by atoms with E-state index < -0.39 is 0 Å². The lowest BCUT2D eigenvalue weighted by Gasteiger charge is -2.17. The Balaban J connectivity index is 1.13. The average Bonchev–Trinajstić information content (AvgIpc) is 3.90. The predicted octanol–water partition coefficient (Wildman–Crippen LogP) is 14.3. The van der Waals surface area contributed by atoms with Crippen LogP contribution in [0, 0.1) is 11.3 Å². The van der Waals surface area contributed by atoms with Crippen molar-refractivity contribution in [2.75, 3.05) is 0 Å². The van der Waals surface area contributed by atoms with Crippen LogP contribution in [0.25, 0.3) is 111 Å². The molecule has 6 heteroatoms. The van der Waals surface area contributed by atoms with Crippen LogP contribution >= 0.6 is 0 Å². The molecule has 0 saturated carbocycles. The molecular weight excluding hydrogens is 781 g/mol. The van der Waals surface area contributed by atoms with E-state index in [0.29, 0.717) is 23.2 Å². The van der Waals surface area contributed by atoms with Gasteiger partial charge in [0.05, 0.1) is 39.4 Å². The molecular formula is C58H36N6. The molecule has 0 aliphatic rings. The van der Waals surface area contributed by atoms with Crippen LogP contribution < -0.4 is 0 Å². The number of benzene rings is 9. The highest BCUT2D eigenvalue weighted by molar-refractivity contribution is 6.14. The Labute approximate surface area is 369 Å². The van der Waals surface area contributed by atoms with Gasteiger partial charge >= 0.3 is 0 Å². The molecule has 3 aromatic heterocycles. The Kier molecular flexibility index (Phi) is 8.77. The smallest absolute Gasteiger partial charge is 0.238 e. The molecule has 0 aliphatic heterocycles.